The Morgan fingerprint density at radius 3 is 2.56 bits per heavy atom. The van der Waals surface area contributed by atoms with Crippen molar-refractivity contribution in [3.8, 4) is 0 Å². The quantitative estimate of drug-likeness (QED) is 0.438. The SMILES string of the molecule is NC(=O)C(N)CCCO. The van der Waals surface area contributed by atoms with Crippen molar-refractivity contribution in [1.82, 2.24) is 0 Å². The highest BCUT2D eigenvalue weighted by Crippen LogP contribution is 1.90. The van der Waals surface area contributed by atoms with Gasteiger partial charge in [-0.15, -0.1) is 0 Å². The number of aliphatic hydroxyl groups excluding tert-OH is 1. The maximum Gasteiger partial charge on any atom is 0.234 e. The van der Waals surface area contributed by atoms with E-state index in [0.29, 0.717) is 12.8 Å². The fourth-order valence-electron chi connectivity index (χ4n) is 0.453. The first kappa shape index (κ1) is 8.39. The molecular formula is C5H12N2O2. The molecule has 0 radical (unpaired) electrons. The molecule has 0 aliphatic heterocycles. The van der Waals surface area contributed by atoms with Crippen molar-refractivity contribution < 1.29 is 9.90 Å². The lowest BCUT2D eigenvalue weighted by molar-refractivity contribution is -0.119. The van der Waals surface area contributed by atoms with E-state index < -0.39 is 11.9 Å². The largest absolute Gasteiger partial charge is 0.396 e. The molecule has 1 amide bonds. The molecule has 5 N–H and O–H groups in total. The van der Waals surface area contributed by atoms with Gasteiger partial charge in [-0.1, -0.05) is 0 Å². The molecule has 0 aromatic heterocycles. The number of carbonyl (C=O) groups excluding carboxylic acids is 1. The Bertz CT molecular complexity index is 95.0. The molecule has 0 bridgehead atoms. The molecule has 0 aliphatic rings. The summed E-state index contributed by atoms with van der Waals surface area (Å²) in [7, 11) is 0. The van der Waals surface area contributed by atoms with Crippen LogP contribution in [0.25, 0.3) is 0 Å². The van der Waals surface area contributed by atoms with E-state index in [0.717, 1.165) is 0 Å². The molecule has 1 unspecified atom stereocenters. The molecule has 0 aliphatic carbocycles. The maximum atomic E-state index is 10.2. The van der Waals surface area contributed by atoms with E-state index in [1.165, 1.54) is 0 Å². The topological polar surface area (TPSA) is 89.3 Å². The molecule has 4 nitrogen and oxygen atoms in total. The number of nitrogens with two attached hydrogens (primary N) is 2. The number of aliphatic hydroxyl groups is 1. The minimum absolute atomic E-state index is 0.0565. The Hall–Kier alpha value is -0.610. The summed E-state index contributed by atoms with van der Waals surface area (Å²) in [4.78, 5) is 10.2. The highest BCUT2D eigenvalue weighted by molar-refractivity contribution is 5.79. The summed E-state index contributed by atoms with van der Waals surface area (Å²) < 4.78 is 0. The number of rotatable bonds is 4. The molecule has 9 heavy (non-hydrogen) atoms. The Balaban J connectivity index is 3.27. The molecule has 0 heterocycles. The summed E-state index contributed by atoms with van der Waals surface area (Å²) in [6.07, 6.45) is 0.996. The fourth-order valence-corrected chi connectivity index (χ4v) is 0.453. The molecule has 4 heteroatoms. The van der Waals surface area contributed by atoms with Crippen molar-refractivity contribution in [2.75, 3.05) is 6.61 Å². The Labute approximate surface area is 53.8 Å². The van der Waals surface area contributed by atoms with E-state index in [2.05, 4.69) is 0 Å². The first-order chi connectivity index (χ1) is 4.18. The molecule has 0 aromatic rings. The van der Waals surface area contributed by atoms with Crippen LogP contribution in [0, 0.1) is 0 Å². The third-order valence-electron chi connectivity index (χ3n) is 1.04. The van der Waals surface area contributed by atoms with Gasteiger partial charge in [0, 0.05) is 6.61 Å². The zero-order valence-corrected chi connectivity index (χ0v) is 5.21. The summed E-state index contributed by atoms with van der Waals surface area (Å²) in [6, 6.07) is -0.600. The summed E-state index contributed by atoms with van der Waals surface area (Å²) in [5.74, 6) is -0.511. The van der Waals surface area contributed by atoms with Crippen LogP contribution >= 0.6 is 0 Å². The minimum Gasteiger partial charge on any atom is -0.396 e. The van der Waals surface area contributed by atoms with Crippen molar-refractivity contribution in [2.24, 2.45) is 11.5 Å². The highest BCUT2D eigenvalue weighted by Gasteiger charge is 2.06. The van der Waals surface area contributed by atoms with Crippen LogP contribution in [-0.4, -0.2) is 23.7 Å². The van der Waals surface area contributed by atoms with E-state index in [4.69, 9.17) is 16.6 Å². The van der Waals surface area contributed by atoms with E-state index in [-0.39, 0.29) is 6.61 Å². The first-order valence-corrected chi connectivity index (χ1v) is 2.84. The minimum atomic E-state index is -0.600. The predicted molar refractivity (Wildman–Crippen MR) is 33.5 cm³/mol. The van der Waals surface area contributed by atoms with E-state index >= 15 is 0 Å². The van der Waals surface area contributed by atoms with Crippen LogP contribution in [0.15, 0.2) is 0 Å². The molecular weight excluding hydrogens is 120 g/mol. The number of hydrogen-bond acceptors (Lipinski definition) is 3. The van der Waals surface area contributed by atoms with Gasteiger partial charge in [0.25, 0.3) is 0 Å². The van der Waals surface area contributed by atoms with Crippen LogP contribution in [-0.2, 0) is 4.79 Å². The van der Waals surface area contributed by atoms with Gasteiger partial charge in [0.05, 0.1) is 6.04 Å². The third-order valence-corrected chi connectivity index (χ3v) is 1.04. The van der Waals surface area contributed by atoms with Gasteiger partial charge in [0.15, 0.2) is 0 Å². The molecule has 0 rings (SSSR count). The summed E-state index contributed by atoms with van der Waals surface area (Å²) in [6.45, 7) is 0.0565. The summed E-state index contributed by atoms with van der Waals surface area (Å²) >= 11 is 0. The lowest BCUT2D eigenvalue weighted by Gasteiger charge is -2.03. The maximum absolute atomic E-state index is 10.2. The summed E-state index contributed by atoms with van der Waals surface area (Å²) in [5.41, 5.74) is 10.0. The van der Waals surface area contributed by atoms with Crippen LogP contribution in [0.5, 0.6) is 0 Å². The Kier molecular flexibility index (Phi) is 4.00. The van der Waals surface area contributed by atoms with Crippen LogP contribution in [0.2, 0.25) is 0 Å². The van der Waals surface area contributed by atoms with Gasteiger partial charge in [0.1, 0.15) is 0 Å². The van der Waals surface area contributed by atoms with Crippen molar-refractivity contribution in [1.29, 1.82) is 0 Å². The van der Waals surface area contributed by atoms with Crippen LogP contribution in [0.4, 0.5) is 0 Å². The van der Waals surface area contributed by atoms with E-state index in [9.17, 15) is 4.79 Å². The zero-order chi connectivity index (χ0) is 7.28. The molecule has 0 saturated carbocycles. The lowest BCUT2D eigenvalue weighted by atomic mass is 10.2. The number of hydrogen-bond donors (Lipinski definition) is 3. The second kappa shape index (κ2) is 4.29. The van der Waals surface area contributed by atoms with Crippen LogP contribution in [0.1, 0.15) is 12.8 Å². The molecule has 1 atom stereocenters. The molecule has 0 aromatic carbocycles. The van der Waals surface area contributed by atoms with Gasteiger partial charge in [0.2, 0.25) is 5.91 Å². The van der Waals surface area contributed by atoms with E-state index in [1.807, 2.05) is 0 Å². The molecule has 0 saturated heterocycles. The van der Waals surface area contributed by atoms with Crippen LogP contribution < -0.4 is 11.5 Å². The van der Waals surface area contributed by atoms with Gasteiger partial charge in [-0.3, -0.25) is 4.79 Å². The van der Waals surface area contributed by atoms with Gasteiger partial charge in [-0.25, -0.2) is 0 Å². The van der Waals surface area contributed by atoms with E-state index in [1.54, 1.807) is 0 Å². The second-order valence-corrected chi connectivity index (χ2v) is 1.87. The average molecular weight is 132 g/mol. The highest BCUT2D eigenvalue weighted by atomic mass is 16.3. The predicted octanol–water partition coefficient (Wildman–Crippen LogP) is -1.43. The standard InChI is InChI=1S/C5H12N2O2/c6-4(5(7)9)2-1-3-8/h4,8H,1-3,6H2,(H2,7,9). The summed E-state index contributed by atoms with van der Waals surface area (Å²) in [5, 5.41) is 8.29. The molecule has 0 spiro atoms. The monoisotopic (exact) mass is 132 g/mol. The van der Waals surface area contributed by atoms with Crippen LogP contribution in [0.3, 0.4) is 0 Å². The smallest absolute Gasteiger partial charge is 0.234 e. The second-order valence-electron chi connectivity index (χ2n) is 1.87. The van der Waals surface area contributed by atoms with Gasteiger partial charge < -0.3 is 16.6 Å². The van der Waals surface area contributed by atoms with Crippen molar-refractivity contribution in [2.45, 2.75) is 18.9 Å². The fraction of sp³-hybridized carbons (Fsp3) is 0.800. The van der Waals surface area contributed by atoms with Crippen molar-refractivity contribution in [3.63, 3.8) is 0 Å². The number of carbonyl (C=O) groups is 1. The third kappa shape index (κ3) is 3.93. The normalized spacial score (nSPS) is 13.1. The van der Waals surface area contributed by atoms with Crippen molar-refractivity contribution in [3.05, 3.63) is 0 Å². The zero-order valence-electron chi connectivity index (χ0n) is 5.21. The molecule has 54 valence electrons. The first-order valence-electron chi connectivity index (χ1n) is 2.84. The number of amides is 1. The Morgan fingerprint density at radius 2 is 2.22 bits per heavy atom. The van der Waals surface area contributed by atoms with Gasteiger partial charge in [-0.05, 0) is 12.8 Å². The molecule has 0 fully saturated rings. The van der Waals surface area contributed by atoms with Gasteiger partial charge >= 0.3 is 0 Å². The Morgan fingerprint density at radius 1 is 1.67 bits per heavy atom. The van der Waals surface area contributed by atoms with Crippen molar-refractivity contribution >= 4 is 5.91 Å². The number of primary amides is 1. The lowest BCUT2D eigenvalue weighted by Crippen LogP contribution is -2.36. The van der Waals surface area contributed by atoms with Gasteiger partial charge in [-0.2, -0.15) is 0 Å². The average Bonchev–Trinajstić information content (AvgIpc) is 1.82.